The van der Waals surface area contributed by atoms with E-state index in [1.54, 1.807) is 31.2 Å². The van der Waals surface area contributed by atoms with E-state index in [1.165, 1.54) is 12.3 Å². The molecule has 0 aliphatic rings. The Morgan fingerprint density at radius 1 is 1.27 bits per heavy atom. The average molecular weight is 316 g/mol. The number of carbonyl (C=O) groups is 1. The van der Waals surface area contributed by atoms with Crippen molar-refractivity contribution in [2.45, 2.75) is 6.92 Å². The fourth-order valence-corrected chi connectivity index (χ4v) is 2.24. The zero-order chi connectivity index (χ0) is 15.7. The van der Waals surface area contributed by atoms with Crippen LogP contribution in [0.3, 0.4) is 0 Å². The molecule has 0 saturated heterocycles. The molecule has 0 unspecified atom stereocenters. The second kappa shape index (κ2) is 5.57. The highest BCUT2D eigenvalue weighted by Crippen LogP contribution is 2.30. The van der Waals surface area contributed by atoms with Crippen molar-refractivity contribution < 1.29 is 14.4 Å². The Balaban J connectivity index is 1.96. The van der Waals surface area contributed by atoms with E-state index in [9.17, 15) is 4.79 Å². The van der Waals surface area contributed by atoms with Crippen molar-refractivity contribution in [1.29, 1.82) is 0 Å². The van der Waals surface area contributed by atoms with Gasteiger partial charge in [-0.15, -0.1) is 0 Å². The summed E-state index contributed by atoms with van der Waals surface area (Å²) in [6.07, 6.45) is 1.30. The number of pyridine rings is 1. The molecular formula is C15H10ClN3O3. The van der Waals surface area contributed by atoms with E-state index in [0.717, 1.165) is 5.56 Å². The molecule has 6 nitrogen and oxygen atoms in total. The predicted molar refractivity (Wildman–Crippen MR) is 79.7 cm³/mol. The van der Waals surface area contributed by atoms with E-state index in [-0.39, 0.29) is 5.56 Å². The van der Waals surface area contributed by atoms with Crippen LogP contribution in [0.1, 0.15) is 16.2 Å². The third-order valence-corrected chi connectivity index (χ3v) is 3.35. The van der Waals surface area contributed by atoms with Gasteiger partial charge >= 0.3 is 5.97 Å². The fraction of sp³-hybridized carbons (Fsp3) is 0.0667. The van der Waals surface area contributed by atoms with Gasteiger partial charge in [-0.05, 0) is 18.2 Å². The van der Waals surface area contributed by atoms with Gasteiger partial charge in [0.25, 0.3) is 0 Å². The summed E-state index contributed by atoms with van der Waals surface area (Å²) in [7, 11) is 0. The molecule has 0 bridgehead atoms. The first-order valence-corrected chi connectivity index (χ1v) is 6.72. The van der Waals surface area contributed by atoms with E-state index in [1.807, 2.05) is 0 Å². The lowest BCUT2D eigenvalue weighted by molar-refractivity contribution is 0.0696. The zero-order valence-corrected chi connectivity index (χ0v) is 12.2. The maximum atomic E-state index is 10.8. The Kier molecular flexibility index (Phi) is 3.60. The molecular weight excluding hydrogens is 306 g/mol. The molecule has 7 heteroatoms. The summed E-state index contributed by atoms with van der Waals surface area (Å²) in [4.78, 5) is 19.1. The first-order chi connectivity index (χ1) is 10.5. The number of aryl methyl sites for hydroxylation is 1. The van der Waals surface area contributed by atoms with Crippen molar-refractivity contribution in [2.75, 3.05) is 0 Å². The largest absolute Gasteiger partial charge is 0.478 e. The molecule has 0 fully saturated rings. The average Bonchev–Trinajstić information content (AvgIpc) is 2.94. The minimum absolute atomic E-state index is 0.124. The van der Waals surface area contributed by atoms with E-state index >= 15 is 0 Å². The number of carboxylic acids is 1. The van der Waals surface area contributed by atoms with Crippen LogP contribution < -0.4 is 0 Å². The molecule has 0 atom stereocenters. The van der Waals surface area contributed by atoms with Crippen LogP contribution in [0.15, 0.2) is 41.1 Å². The van der Waals surface area contributed by atoms with E-state index in [2.05, 4.69) is 15.1 Å². The van der Waals surface area contributed by atoms with Crippen LogP contribution in [0.25, 0.3) is 22.6 Å². The summed E-state index contributed by atoms with van der Waals surface area (Å²) in [6, 6.07) is 8.40. The highest BCUT2D eigenvalue weighted by atomic mass is 35.5. The van der Waals surface area contributed by atoms with E-state index in [4.69, 9.17) is 21.2 Å². The Morgan fingerprint density at radius 3 is 2.64 bits per heavy atom. The molecule has 1 N–H and O–H groups in total. The molecule has 0 aliphatic carbocycles. The second-order valence-electron chi connectivity index (χ2n) is 4.57. The van der Waals surface area contributed by atoms with Gasteiger partial charge in [-0.25, -0.2) is 4.79 Å². The predicted octanol–water partition coefficient (Wildman–Crippen LogP) is 3.46. The van der Waals surface area contributed by atoms with Gasteiger partial charge in [-0.2, -0.15) is 4.98 Å². The Hall–Kier alpha value is -2.73. The Morgan fingerprint density at radius 2 is 2.09 bits per heavy atom. The van der Waals surface area contributed by atoms with Crippen LogP contribution in [0.5, 0.6) is 0 Å². The highest BCUT2D eigenvalue weighted by molar-refractivity contribution is 6.33. The molecule has 22 heavy (non-hydrogen) atoms. The third kappa shape index (κ3) is 2.68. The quantitative estimate of drug-likeness (QED) is 0.796. The number of rotatable bonds is 3. The maximum absolute atomic E-state index is 10.8. The van der Waals surface area contributed by atoms with E-state index < -0.39 is 5.97 Å². The van der Waals surface area contributed by atoms with Gasteiger partial charge in [0.1, 0.15) is 0 Å². The van der Waals surface area contributed by atoms with Crippen molar-refractivity contribution in [2.24, 2.45) is 0 Å². The number of hydrogen-bond acceptors (Lipinski definition) is 5. The number of benzene rings is 1. The lowest BCUT2D eigenvalue weighted by atomic mass is 10.1. The summed E-state index contributed by atoms with van der Waals surface area (Å²) >= 11 is 6.28. The monoisotopic (exact) mass is 315 g/mol. The summed E-state index contributed by atoms with van der Waals surface area (Å²) in [5, 5.41) is 13.2. The van der Waals surface area contributed by atoms with Crippen LogP contribution in [-0.2, 0) is 0 Å². The number of halogens is 1. The normalized spacial score (nSPS) is 10.6. The molecule has 110 valence electrons. The van der Waals surface area contributed by atoms with Crippen LogP contribution in [0.4, 0.5) is 0 Å². The van der Waals surface area contributed by atoms with E-state index in [0.29, 0.717) is 28.0 Å². The van der Waals surface area contributed by atoms with Gasteiger partial charge in [0.15, 0.2) is 0 Å². The molecule has 0 aliphatic heterocycles. The smallest absolute Gasteiger partial charge is 0.337 e. The Labute approximate surface area is 130 Å². The fourth-order valence-electron chi connectivity index (χ4n) is 1.96. The molecule has 0 spiro atoms. The van der Waals surface area contributed by atoms with Crippen molar-refractivity contribution in [3.63, 3.8) is 0 Å². The zero-order valence-electron chi connectivity index (χ0n) is 11.4. The summed E-state index contributed by atoms with van der Waals surface area (Å²) in [5.41, 5.74) is 2.14. The molecule has 2 heterocycles. The van der Waals surface area contributed by atoms with Crippen molar-refractivity contribution >= 4 is 17.6 Å². The molecule has 3 rings (SSSR count). The number of hydrogen-bond donors (Lipinski definition) is 1. The molecule has 1 aromatic carbocycles. The summed E-state index contributed by atoms with van der Waals surface area (Å²) in [6.45, 7) is 1.71. The minimum atomic E-state index is -1.02. The standard InChI is InChI=1S/C15H10ClN3O3/c1-8-18-14(19-22-8)9-2-4-11(12(16)6-9)13-5-3-10(7-17-13)15(20)21/h2-7H,1H3,(H,20,21). The molecule has 0 amide bonds. The van der Waals surface area contributed by atoms with Crippen LogP contribution >= 0.6 is 11.6 Å². The lowest BCUT2D eigenvalue weighted by Gasteiger charge is -2.05. The van der Waals surface area contributed by atoms with Crippen molar-refractivity contribution in [3.05, 3.63) is 53.0 Å². The minimum Gasteiger partial charge on any atom is -0.478 e. The highest BCUT2D eigenvalue weighted by Gasteiger charge is 2.11. The Bertz CT molecular complexity index is 843. The lowest BCUT2D eigenvalue weighted by Crippen LogP contribution is -1.97. The second-order valence-corrected chi connectivity index (χ2v) is 4.98. The molecule has 2 aromatic heterocycles. The third-order valence-electron chi connectivity index (χ3n) is 3.04. The van der Waals surface area contributed by atoms with Crippen LogP contribution in [-0.4, -0.2) is 26.2 Å². The molecule has 0 radical (unpaired) electrons. The van der Waals surface area contributed by atoms with Gasteiger partial charge in [0.05, 0.1) is 16.3 Å². The summed E-state index contributed by atoms with van der Waals surface area (Å²) in [5.74, 6) is -0.0887. The molecule has 3 aromatic rings. The van der Waals surface area contributed by atoms with Gasteiger partial charge < -0.3 is 9.63 Å². The van der Waals surface area contributed by atoms with Gasteiger partial charge in [-0.3, -0.25) is 4.98 Å². The van der Waals surface area contributed by atoms with Gasteiger partial charge in [0, 0.05) is 24.2 Å². The topological polar surface area (TPSA) is 89.1 Å². The van der Waals surface area contributed by atoms with Crippen LogP contribution in [0.2, 0.25) is 5.02 Å². The first kappa shape index (κ1) is 14.2. The molecule has 0 saturated carbocycles. The number of aromatic carboxylic acids is 1. The number of carboxylic acid groups (broad SMARTS) is 1. The van der Waals surface area contributed by atoms with Crippen LogP contribution in [0, 0.1) is 6.92 Å². The van der Waals surface area contributed by atoms with Gasteiger partial charge in [-0.1, -0.05) is 28.9 Å². The SMILES string of the molecule is Cc1nc(-c2ccc(-c3ccc(C(=O)O)cn3)c(Cl)c2)no1. The number of aromatic nitrogens is 3. The van der Waals surface area contributed by atoms with Crippen molar-refractivity contribution in [3.8, 4) is 22.6 Å². The van der Waals surface area contributed by atoms with Crippen molar-refractivity contribution in [1.82, 2.24) is 15.1 Å². The number of nitrogens with zero attached hydrogens (tertiary/aromatic N) is 3. The summed E-state index contributed by atoms with van der Waals surface area (Å²) < 4.78 is 4.94. The first-order valence-electron chi connectivity index (χ1n) is 6.34. The maximum Gasteiger partial charge on any atom is 0.337 e. The van der Waals surface area contributed by atoms with Gasteiger partial charge in [0.2, 0.25) is 11.7 Å².